The van der Waals surface area contributed by atoms with Gasteiger partial charge < -0.3 is 19.9 Å². The molecule has 36 heavy (non-hydrogen) atoms. The van der Waals surface area contributed by atoms with Gasteiger partial charge in [0.1, 0.15) is 5.82 Å². The highest BCUT2D eigenvalue weighted by Gasteiger charge is 2.26. The Hall–Kier alpha value is -2.94. The predicted octanol–water partition coefficient (Wildman–Crippen LogP) is 4.02. The molecule has 7 nitrogen and oxygen atoms in total. The summed E-state index contributed by atoms with van der Waals surface area (Å²) in [7, 11) is 0. The van der Waals surface area contributed by atoms with Crippen molar-refractivity contribution in [3.05, 3.63) is 64.4 Å². The van der Waals surface area contributed by atoms with E-state index in [1.807, 2.05) is 17.9 Å². The maximum absolute atomic E-state index is 13.2. The number of carbonyl (C=O) groups excluding carboxylic acids is 2. The molecular formula is C27H32ClFN4O3. The number of halogens is 2. The van der Waals surface area contributed by atoms with Gasteiger partial charge in [0.2, 0.25) is 11.8 Å². The van der Waals surface area contributed by atoms with Gasteiger partial charge in [0.15, 0.2) is 0 Å². The molecule has 1 N–H and O–H groups in total. The molecule has 2 aliphatic rings. The lowest BCUT2D eigenvalue weighted by Crippen LogP contribution is -2.53. The zero-order valence-corrected chi connectivity index (χ0v) is 21.4. The predicted molar refractivity (Wildman–Crippen MR) is 141 cm³/mol. The first-order valence-corrected chi connectivity index (χ1v) is 12.6. The van der Waals surface area contributed by atoms with Gasteiger partial charge in [-0.15, -0.1) is 0 Å². The molecule has 9 heteroatoms. The van der Waals surface area contributed by atoms with Crippen LogP contribution >= 0.6 is 11.6 Å². The minimum atomic E-state index is -0.242. The second-order valence-electron chi connectivity index (χ2n) is 9.25. The number of ether oxygens (including phenoxy) is 1. The molecule has 2 heterocycles. The van der Waals surface area contributed by atoms with E-state index in [0.29, 0.717) is 36.0 Å². The van der Waals surface area contributed by atoms with Crippen LogP contribution < -0.4 is 10.2 Å². The number of hydrogen-bond donors (Lipinski definition) is 1. The Morgan fingerprint density at radius 1 is 1.14 bits per heavy atom. The lowest BCUT2D eigenvalue weighted by atomic mass is 10.1. The highest BCUT2D eigenvalue weighted by molar-refractivity contribution is 6.33. The second kappa shape index (κ2) is 11.9. The molecule has 2 aliphatic heterocycles. The van der Waals surface area contributed by atoms with E-state index in [2.05, 4.69) is 15.1 Å². The number of nitrogens with one attached hydrogen (secondary N) is 1. The Balaban J connectivity index is 1.45. The fraction of sp³-hybridized carbons (Fsp3) is 0.407. The summed E-state index contributed by atoms with van der Waals surface area (Å²) in [5.74, 6) is -0.536. The number of amides is 2. The van der Waals surface area contributed by atoms with Gasteiger partial charge in [-0.2, -0.15) is 0 Å². The van der Waals surface area contributed by atoms with Crippen LogP contribution in [0.4, 0.5) is 15.8 Å². The molecule has 0 aromatic heterocycles. The molecule has 2 aromatic carbocycles. The summed E-state index contributed by atoms with van der Waals surface area (Å²) in [6, 6.07) is 10.2. The monoisotopic (exact) mass is 514 g/mol. The normalized spacial score (nSPS) is 19.1. The smallest absolute Gasteiger partial charge is 0.246 e. The zero-order valence-electron chi connectivity index (χ0n) is 20.7. The van der Waals surface area contributed by atoms with E-state index in [0.717, 1.165) is 44.0 Å². The minimum absolute atomic E-state index is 0.0280. The maximum atomic E-state index is 13.2. The molecule has 4 rings (SSSR count). The largest absolute Gasteiger partial charge is 0.378 e. The summed E-state index contributed by atoms with van der Waals surface area (Å²) in [5.41, 5.74) is 3.18. The molecule has 2 aromatic rings. The number of benzene rings is 2. The van der Waals surface area contributed by atoms with E-state index in [1.54, 1.807) is 30.4 Å². The van der Waals surface area contributed by atoms with Crippen molar-refractivity contribution in [2.75, 3.05) is 56.2 Å². The Labute approximate surface area is 216 Å². The summed E-state index contributed by atoms with van der Waals surface area (Å²) in [5, 5.41) is 3.35. The molecule has 2 saturated heterocycles. The number of morpholine rings is 1. The van der Waals surface area contributed by atoms with Gasteiger partial charge >= 0.3 is 0 Å². The van der Waals surface area contributed by atoms with Crippen molar-refractivity contribution in [3.8, 4) is 0 Å². The minimum Gasteiger partial charge on any atom is -0.378 e. The van der Waals surface area contributed by atoms with Crippen molar-refractivity contribution < 1.29 is 18.7 Å². The van der Waals surface area contributed by atoms with Crippen molar-refractivity contribution in [2.45, 2.75) is 26.4 Å². The lowest BCUT2D eigenvalue weighted by molar-refractivity contribution is -0.130. The van der Waals surface area contributed by atoms with Crippen molar-refractivity contribution in [2.24, 2.45) is 0 Å². The first-order chi connectivity index (χ1) is 17.3. The summed E-state index contributed by atoms with van der Waals surface area (Å²) in [6.45, 7) is 8.96. The first-order valence-electron chi connectivity index (χ1n) is 12.2. The molecule has 0 aliphatic carbocycles. The van der Waals surface area contributed by atoms with Crippen LogP contribution in [0.3, 0.4) is 0 Å². The van der Waals surface area contributed by atoms with Crippen molar-refractivity contribution >= 4 is 40.9 Å². The third-order valence-corrected chi connectivity index (χ3v) is 6.80. The number of hydrogen-bond acceptors (Lipinski definition) is 5. The van der Waals surface area contributed by atoms with E-state index in [-0.39, 0.29) is 23.7 Å². The van der Waals surface area contributed by atoms with Crippen LogP contribution in [0.25, 0.3) is 6.08 Å². The van der Waals surface area contributed by atoms with Gasteiger partial charge in [-0.1, -0.05) is 23.7 Å². The van der Waals surface area contributed by atoms with Gasteiger partial charge in [0.05, 0.1) is 23.9 Å². The molecule has 0 radical (unpaired) electrons. The standard InChI is InChI=1S/C27H32ClFN4O3/c1-19-17-31(18-21-3-6-23(29)7-4-21)9-10-33(19)27(35)8-5-22-15-26(32-11-13-36-14-12-32)24(28)16-25(22)30-20(2)34/h3-8,15-16,19H,9-14,17-18H2,1-2H3,(H,30,34)/t19-/m1/s1. The van der Waals surface area contributed by atoms with Crippen LogP contribution in [0.1, 0.15) is 25.0 Å². The summed E-state index contributed by atoms with van der Waals surface area (Å²) >= 11 is 6.54. The number of rotatable bonds is 6. The highest BCUT2D eigenvalue weighted by Crippen LogP contribution is 2.33. The quantitative estimate of drug-likeness (QED) is 0.590. The Bertz CT molecular complexity index is 1120. The molecular weight excluding hydrogens is 483 g/mol. The molecule has 0 saturated carbocycles. The Morgan fingerprint density at radius 3 is 2.53 bits per heavy atom. The third kappa shape index (κ3) is 6.63. The Kier molecular flexibility index (Phi) is 8.61. The average Bonchev–Trinajstić information content (AvgIpc) is 2.85. The van der Waals surface area contributed by atoms with Crippen LogP contribution in [0.5, 0.6) is 0 Å². The van der Waals surface area contributed by atoms with Crippen LogP contribution in [0.2, 0.25) is 5.02 Å². The zero-order chi connectivity index (χ0) is 25.7. The Morgan fingerprint density at radius 2 is 1.86 bits per heavy atom. The maximum Gasteiger partial charge on any atom is 0.246 e. The molecule has 2 amide bonds. The van der Waals surface area contributed by atoms with Gasteiger partial charge in [0.25, 0.3) is 0 Å². The van der Waals surface area contributed by atoms with E-state index < -0.39 is 0 Å². The van der Waals surface area contributed by atoms with Crippen LogP contribution in [-0.4, -0.2) is 73.6 Å². The van der Waals surface area contributed by atoms with Crippen molar-refractivity contribution in [1.29, 1.82) is 0 Å². The topological polar surface area (TPSA) is 65.1 Å². The van der Waals surface area contributed by atoms with Gasteiger partial charge in [-0.25, -0.2) is 4.39 Å². The average molecular weight is 515 g/mol. The number of carbonyl (C=O) groups is 2. The van der Waals surface area contributed by atoms with Gasteiger partial charge in [-0.3, -0.25) is 14.5 Å². The van der Waals surface area contributed by atoms with E-state index in [4.69, 9.17) is 16.3 Å². The molecule has 1 atom stereocenters. The molecule has 0 unspecified atom stereocenters. The molecule has 0 spiro atoms. The van der Waals surface area contributed by atoms with Gasteiger partial charge in [-0.05, 0) is 42.8 Å². The first kappa shape index (κ1) is 26.1. The van der Waals surface area contributed by atoms with E-state index in [9.17, 15) is 14.0 Å². The summed E-state index contributed by atoms with van der Waals surface area (Å²) in [4.78, 5) is 31.1. The van der Waals surface area contributed by atoms with E-state index >= 15 is 0 Å². The number of nitrogens with zero attached hydrogens (tertiary/aromatic N) is 3. The van der Waals surface area contributed by atoms with Crippen molar-refractivity contribution in [3.63, 3.8) is 0 Å². The van der Waals surface area contributed by atoms with Gasteiger partial charge in [0, 0.05) is 69.6 Å². The fourth-order valence-electron chi connectivity index (χ4n) is 4.67. The summed E-state index contributed by atoms with van der Waals surface area (Å²) in [6.07, 6.45) is 3.30. The number of piperazine rings is 1. The van der Waals surface area contributed by atoms with Crippen LogP contribution in [0.15, 0.2) is 42.5 Å². The SMILES string of the molecule is CC(=O)Nc1cc(Cl)c(N2CCOCC2)cc1C=CC(=O)N1CCN(Cc2ccc(F)cc2)C[C@H]1C. The second-order valence-corrected chi connectivity index (χ2v) is 9.65. The summed E-state index contributed by atoms with van der Waals surface area (Å²) < 4.78 is 18.6. The van der Waals surface area contributed by atoms with Crippen LogP contribution in [0, 0.1) is 5.82 Å². The fourth-order valence-corrected chi connectivity index (χ4v) is 4.95. The highest BCUT2D eigenvalue weighted by atomic mass is 35.5. The van der Waals surface area contributed by atoms with E-state index in [1.165, 1.54) is 19.1 Å². The third-order valence-electron chi connectivity index (χ3n) is 6.50. The molecule has 0 bridgehead atoms. The van der Waals surface area contributed by atoms with Crippen molar-refractivity contribution in [1.82, 2.24) is 9.80 Å². The molecule has 2 fully saturated rings. The lowest BCUT2D eigenvalue weighted by Gasteiger charge is -2.39. The molecule has 192 valence electrons. The van der Waals surface area contributed by atoms with Crippen LogP contribution in [-0.2, 0) is 20.9 Å². The number of anilines is 2.